The van der Waals surface area contributed by atoms with Crippen LogP contribution in [0.5, 0.6) is 0 Å². The second-order valence-electron chi connectivity index (χ2n) is 24.3. The van der Waals surface area contributed by atoms with Crippen LogP contribution in [0.4, 0.5) is 0 Å². The van der Waals surface area contributed by atoms with Crippen LogP contribution in [0.3, 0.4) is 0 Å². The standard InChI is InChI=1S/C61H104N14O13/c1-12-14-15-16-20-27-49(77)66-39(8)53(81)69-44(32-40-23-18-17-19-24-40)56(84)68-43(26-22-29-73(9)10)54(82)71-46(30-36(3)4)59(87)75-35-41(76)33-48(75)60(88)74(11)47(31-37(5)6)58(86)70-45(34-50(78)79)57(85)67-42(25-21-28-65-61(63)64)55(83)72-51(52(62)80)38(7)13-2/h17-19,23-24,36-39,41-48,51,76H,12-16,20-22,25-35H2,1-11H3,(H2,62,80)(H,66,77)(H,67,85)(H,68,84)(H,69,81)(H,70,86)(H,71,82)(H,72,83)(H,78,79)(H4,63,64,65)/t38-,39+,41+,42-,43+,44-,45-,46-,47-,48-,51-/m0/s1. The monoisotopic (exact) mass is 1240 g/mol. The molecule has 0 saturated carbocycles. The molecule has 10 amide bonds. The second kappa shape index (κ2) is 39.5. The van der Waals surface area contributed by atoms with Crippen molar-refractivity contribution in [1.82, 2.24) is 51.9 Å². The second-order valence-corrected chi connectivity index (χ2v) is 24.3. The molecule has 0 radical (unpaired) electrons. The van der Waals surface area contributed by atoms with Crippen LogP contribution in [0.25, 0.3) is 0 Å². The van der Waals surface area contributed by atoms with Gasteiger partial charge < -0.3 is 79.3 Å². The van der Waals surface area contributed by atoms with Crippen molar-refractivity contribution in [2.24, 2.45) is 39.9 Å². The summed E-state index contributed by atoms with van der Waals surface area (Å²) in [5.41, 5.74) is 17.2. The van der Waals surface area contributed by atoms with E-state index in [1.807, 2.05) is 32.8 Å². The van der Waals surface area contributed by atoms with Crippen LogP contribution in [0.15, 0.2) is 35.3 Å². The summed E-state index contributed by atoms with van der Waals surface area (Å²) in [5.74, 6) is -10.2. The molecule has 1 fully saturated rings. The lowest BCUT2D eigenvalue weighted by Gasteiger charge is -2.35. The number of likely N-dealkylation sites (N-methyl/N-ethyl adjacent to an activating group) is 1. The van der Waals surface area contributed by atoms with Crippen molar-refractivity contribution >= 4 is 71.0 Å². The molecular weight excluding hydrogens is 1140 g/mol. The lowest BCUT2D eigenvalue weighted by molar-refractivity contribution is -0.149. The summed E-state index contributed by atoms with van der Waals surface area (Å²) >= 11 is 0. The minimum Gasteiger partial charge on any atom is -0.481 e. The maximum Gasteiger partial charge on any atom is 0.305 e. The summed E-state index contributed by atoms with van der Waals surface area (Å²) in [6.07, 6.45) is 3.51. The summed E-state index contributed by atoms with van der Waals surface area (Å²) in [6.45, 7) is 14.5. The molecule has 1 saturated heterocycles. The number of hydrogen-bond acceptors (Lipinski definition) is 14. The third-order valence-corrected chi connectivity index (χ3v) is 15.3. The van der Waals surface area contributed by atoms with Gasteiger partial charge in [0.1, 0.15) is 54.4 Å². The minimum absolute atomic E-state index is 0.0279. The number of carboxylic acids is 1. The van der Waals surface area contributed by atoms with Crippen LogP contribution < -0.4 is 54.4 Å². The van der Waals surface area contributed by atoms with Crippen molar-refractivity contribution in [2.75, 3.05) is 40.8 Å². The number of guanidine groups is 1. The molecule has 1 aromatic rings. The van der Waals surface area contributed by atoms with Crippen LogP contribution in [-0.2, 0) is 59.2 Å². The molecule has 0 aliphatic carbocycles. The number of carbonyl (C=O) groups excluding carboxylic acids is 10. The van der Waals surface area contributed by atoms with E-state index in [2.05, 4.69) is 49.1 Å². The van der Waals surface area contributed by atoms with E-state index in [9.17, 15) is 63.0 Å². The molecule has 1 aliphatic rings. The van der Waals surface area contributed by atoms with E-state index in [0.29, 0.717) is 31.4 Å². The van der Waals surface area contributed by atoms with Gasteiger partial charge in [-0.15, -0.1) is 0 Å². The molecule has 496 valence electrons. The molecule has 1 aromatic carbocycles. The zero-order chi connectivity index (χ0) is 66.4. The van der Waals surface area contributed by atoms with Gasteiger partial charge in [-0.05, 0) is 95.8 Å². The largest absolute Gasteiger partial charge is 0.481 e. The van der Waals surface area contributed by atoms with Crippen LogP contribution in [-0.4, -0.2) is 197 Å². The van der Waals surface area contributed by atoms with Crippen molar-refractivity contribution in [3.05, 3.63) is 35.9 Å². The van der Waals surface area contributed by atoms with Crippen molar-refractivity contribution in [3.63, 3.8) is 0 Å². The van der Waals surface area contributed by atoms with E-state index in [1.54, 1.807) is 58.0 Å². The average molecular weight is 1240 g/mol. The van der Waals surface area contributed by atoms with E-state index in [-0.39, 0.29) is 88.2 Å². The van der Waals surface area contributed by atoms with E-state index in [4.69, 9.17) is 17.2 Å². The lowest BCUT2D eigenvalue weighted by Crippen LogP contribution is -2.61. The molecule has 11 atom stereocenters. The number of carbonyl (C=O) groups is 11. The normalized spacial score (nSPS) is 17.0. The first-order valence-electron chi connectivity index (χ1n) is 31.0. The number of nitrogens with one attached hydrogen (secondary N) is 7. The predicted octanol–water partition coefficient (Wildman–Crippen LogP) is 0.286. The zero-order valence-corrected chi connectivity index (χ0v) is 53.7. The smallest absolute Gasteiger partial charge is 0.305 e. The van der Waals surface area contributed by atoms with Gasteiger partial charge in [0, 0.05) is 39.4 Å². The molecule has 27 heteroatoms. The SMILES string of the molecule is CCCCCCCC(=O)N[C@H](C)C(=O)N[C@@H](Cc1ccccc1)C(=O)N[C@H](CCCN(C)C)C(=O)N[C@@H](CC(C)C)C(=O)N1C[C@H](O)C[C@H]1C(=O)N(C)[C@@H](CC(C)C)C(=O)N[C@@H](CC(=O)O)C(=O)N[C@@H](CCCN=C(N)N)C(=O)N[C@H](C(N)=O)[C@@H](C)CC. The van der Waals surface area contributed by atoms with Crippen molar-refractivity contribution in [1.29, 1.82) is 0 Å². The number of nitrogens with zero attached hydrogens (tertiary/aromatic N) is 4. The number of carboxylic acid groups (broad SMARTS) is 1. The van der Waals surface area contributed by atoms with Gasteiger partial charge >= 0.3 is 5.97 Å². The fourth-order valence-electron chi connectivity index (χ4n) is 10.2. The highest BCUT2D eigenvalue weighted by molar-refractivity contribution is 5.99. The highest BCUT2D eigenvalue weighted by atomic mass is 16.4. The molecule has 0 aromatic heterocycles. The summed E-state index contributed by atoms with van der Waals surface area (Å²) in [6, 6.07) is -2.93. The Morgan fingerprint density at radius 1 is 0.648 bits per heavy atom. The van der Waals surface area contributed by atoms with Crippen molar-refractivity contribution in [3.8, 4) is 0 Å². The number of β-amino-alcohol motifs (C(OH)–C–C–N with tert-alkyl or cyclic N) is 1. The number of primary amides is 1. The number of hydrogen-bond donors (Lipinski definition) is 12. The van der Waals surface area contributed by atoms with Gasteiger partial charge in [0.15, 0.2) is 5.96 Å². The minimum atomic E-state index is -1.81. The number of nitrogens with two attached hydrogens (primary N) is 3. The number of aliphatic hydroxyl groups is 1. The fraction of sp³-hybridized carbons (Fsp3) is 0.705. The Balaban J connectivity index is 2.50. The number of aliphatic hydroxyl groups excluding tert-OH is 1. The summed E-state index contributed by atoms with van der Waals surface area (Å²) in [7, 11) is 4.99. The Morgan fingerprint density at radius 2 is 1.19 bits per heavy atom. The molecule has 0 bridgehead atoms. The number of aliphatic imine (C=N–C) groups is 1. The topological polar surface area (TPSA) is 413 Å². The number of likely N-dealkylation sites (tertiary alicyclic amines) is 1. The third kappa shape index (κ3) is 27.7. The average Bonchev–Trinajstić information content (AvgIpc) is 3.23. The first-order valence-corrected chi connectivity index (χ1v) is 31.0. The van der Waals surface area contributed by atoms with Crippen LogP contribution in [0.2, 0.25) is 0 Å². The Hall–Kier alpha value is -7.42. The molecule has 27 nitrogen and oxygen atoms in total. The lowest BCUT2D eigenvalue weighted by atomic mass is 9.97. The van der Waals surface area contributed by atoms with Gasteiger partial charge in [-0.2, -0.15) is 0 Å². The first-order chi connectivity index (χ1) is 41.4. The van der Waals surface area contributed by atoms with E-state index in [1.165, 1.54) is 14.0 Å². The van der Waals surface area contributed by atoms with Crippen molar-refractivity contribution in [2.45, 2.75) is 219 Å². The molecule has 0 spiro atoms. The third-order valence-electron chi connectivity index (χ3n) is 15.3. The van der Waals surface area contributed by atoms with Gasteiger partial charge in [-0.1, -0.05) is 111 Å². The van der Waals surface area contributed by atoms with Gasteiger partial charge in [0.25, 0.3) is 0 Å². The van der Waals surface area contributed by atoms with Crippen LogP contribution in [0.1, 0.15) is 157 Å². The Bertz CT molecular complexity index is 2480. The number of benzene rings is 1. The predicted molar refractivity (Wildman–Crippen MR) is 333 cm³/mol. The number of rotatable bonds is 41. The molecule has 0 unspecified atom stereocenters. The molecule has 88 heavy (non-hydrogen) atoms. The van der Waals surface area contributed by atoms with Gasteiger partial charge in [-0.3, -0.25) is 57.7 Å². The van der Waals surface area contributed by atoms with Gasteiger partial charge in [0.2, 0.25) is 59.1 Å². The van der Waals surface area contributed by atoms with Gasteiger partial charge in [-0.25, -0.2) is 0 Å². The summed E-state index contributed by atoms with van der Waals surface area (Å²) in [4.78, 5) is 160. The molecule has 15 N–H and O–H groups in total. The highest BCUT2D eigenvalue weighted by Crippen LogP contribution is 2.25. The highest BCUT2D eigenvalue weighted by Gasteiger charge is 2.45. The fourth-order valence-corrected chi connectivity index (χ4v) is 10.2. The summed E-state index contributed by atoms with van der Waals surface area (Å²) in [5, 5.41) is 39.8. The molecule has 1 aliphatic heterocycles. The number of amides is 10. The first kappa shape index (κ1) is 76.7. The Labute approximate surface area is 519 Å². The number of unbranched alkanes of at least 4 members (excludes halogenated alkanes) is 4. The molecule has 2 rings (SSSR count). The van der Waals surface area contributed by atoms with E-state index >= 15 is 0 Å². The summed E-state index contributed by atoms with van der Waals surface area (Å²) < 4.78 is 0. The molecular formula is C61H104N14O13. The molecule has 1 heterocycles. The maximum atomic E-state index is 14.9. The maximum absolute atomic E-state index is 14.9. The van der Waals surface area contributed by atoms with Gasteiger partial charge in [0.05, 0.1) is 12.5 Å². The zero-order valence-electron chi connectivity index (χ0n) is 53.7. The quantitative estimate of drug-likeness (QED) is 0.0238. The number of aliphatic carboxylic acids is 1. The van der Waals surface area contributed by atoms with Crippen LogP contribution >= 0.6 is 0 Å². The van der Waals surface area contributed by atoms with E-state index < -0.39 is 132 Å². The van der Waals surface area contributed by atoms with E-state index in [0.717, 1.165) is 35.5 Å². The Kier molecular flexibility index (Phi) is 34.4. The Morgan fingerprint density at radius 3 is 1.75 bits per heavy atom. The van der Waals surface area contributed by atoms with Crippen LogP contribution in [0, 0.1) is 17.8 Å². The van der Waals surface area contributed by atoms with Crippen molar-refractivity contribution < 1.29 is 63.0 Å².